The van der Waals surface area contributed by atoms with Crippen molar-refractivity contribution < 1.29 is 27.1 Å². The molecule has 1 aromatic heterocycles. The van der Waals surface area contributed by atoms with Crippen LogP contribution in [-0.2, 0) is 30.7 Å². The van der Waals surface area contributed by atoms with Crippen LogP contribution in [0, 0.1) is 6.92 Å². The molecular weight excluding hydrogens is 406 g/mol. The second-order valence-corrected chi connectivity index (χ2v) is 9.57. The predicted octanol–water partition coefficient (Wildman–Crippen LogP) is 2.91. The van der Waals surface area contributed by atoms with Crippen molar-refractivity contribution in [2.75, 3.05) is 25.5 Å². The van der Waals surface area contributed by atoms with Crippen molar-refractivity contribution in [3.63, 3.8) is 0 Å². The number of amides is 1. The molecule has 1 unspecified atom stereocenters. The van der Waals surface area contributed by atoms with Crippen molar-refractivity contribution >= 4 is 20.6 Å². The van der Waals surface area contributed by atoms with Gasteiger partial charge in [-0.3, -0.25) is 4.79 Å². The number of carbonyl (C=O) groups excluding carboxylic acids is 1. The Labute approximate surface area is 176 Å². The quantitative estimate of drug-likeness (QED) is 0.699. The number of nitrogens with zero attached hydrogens (tertiary/aromatic N) is 1. The Morgan fingerprint density at radius 1 is 1.13 bits per heavy atom. The zero-order valence-electron chi connectivity index (χ0n) is 16.9. The molecule has 0 bridgehead atoms. The fraction of sp³-hybridized carbons (Fsp3) is 0.409. The van der Waals surface area contributed by atoms with E-state index in [1.54, 1.807) is 35.2 Å². The highest BCUT2D eigenvalue weighted by Gasteiger charge is 2.36. The fourth-order valence-electron chi connectivity index (χ4n) is 3.78. The molecule has 3 heterocycles. The minimum absolute atomic E-state index is 0.0482. The van der Waals surface area contributed by atoms with Crippen LogP contribution in [0.4, 0.5) is 0 Å². The minimum Gasteiger partial charge on any atom is -0.486 e. The van der Waals surface area contributed by atoms with Gasteiger partial charge in [-0.1, -0.05) is 30.3 Å². The van der Waals surface area contributed by atoms with Gasteiger partial charge in [0.1, 0.15) is 23.0 Å². The van der Waals surface area contributed by atoms with Gasteiger partial charge in [0.15, 0.2) is 9.84 Å². The molecule has 7 nitrogen and oxygen atoms in total. The molecule has 0 aliphatic carbocycles. The van der Waals surface area contributed by atoms with Gasteiger partial charge in [-0.15, -0.1) is 0 Å². The lowest BCUT2D eigenvalue weighted by Gasteiger charge is -2.28. The summed E-state index contributed by atoms with van der Waals surface area (Å²) >= 11 is 0. The van der Waals surface area contributed by atoms with E-state index >= 15 is 0 Å². The normalized spacial score (nSPS) is 20.8. The molecular formula is C22H25NO6S. The first-order valence-electron chi connectivity index (χ1n) is 10.1. The Kier molecular flexibility index (Phi) is 5.97. The summed E-state index contributed by atoms with van der Waals surface area (Å²) in [6.07, 6.45) is 1.70. The molecule has 4 rings (SSSR count). The number of aryl methyl sites for hydroxylation is 1. The molecule has 160 valence electrons. The van der Waals surface area contributed by atoms with Crippen LogP contribution >= 0.6 is 0 Å². The molecule has 1 saturated heterocycles. The highest BCUT2D eigenvalue weighted by atomic mass is 32.2. The van der Waals surface area contributed by atoms with Crippen LogP contribution in [0.3, 0.4) is 0 Å². The second-order valence-electron chi connectivity index (χ2n) is 7.52. The van der Waals surface area contributed by atoms with Crippen molar-refractivity contribution in [1.82, 2.24) is 4.90 Å². The van der Waals surface area contributed by atoms with E-state index in [1.165, 1.54) is 0 Å². The van der Waals surface area contributed by atoms with Gasteiger partial charge in [-0.25, -0.2) is 8.42 Å². The molecule has 30 heavy (non-hydrogen) atoms. The SMILES string of the molecule is Cc1ccc(CN(CC2CCCO2)C(=O)C2=C(c3ccccc3)S(=O)(=O)CCO2)o1. The van der Waals surface area contributed by atoms with E-state index in [1.807, 2.05) is 19.1 Å². The number of hydrogen-bond donors (Lipinski definition) is 0. The minimum atomic E-state index is -3.65. The first-order chi connectivity index (χ1) is 14.4. The van der Waals surface area contributed by atoms with Crippen molar-refractivity contribution in [3.8, 4) is 0 Å². The van der Waals surface area contributed by atoms with Gasteiger partial charge in [0.25, 0.3) is 5.91 Å². The van der Waals surface area contributed by atoms with Crippen molar-refractivity contribution in [3.05, 3.63) is 65.3 Å². The molecule has 0 N–H and O–H groups in total. The standard InChI is InChI=1S/C22H25NO6S/c1-16-9-10-19(29-16)15-23(14-18-8-5-11-27-18)22(24)20-21(17-6-3-2-4-7-17)30(25,26)13-12-28-20/h2-4,6-7,9-10,18H,5,8,11-15H2,1H3. The number of furan rings is 1. The second kappa shape index (κ2) is 8.65. The zero-order valence-corrected chi connectivity index (χ0v) is 17.7. The molecule has 8 heteroatoms. The first kappa shape index (κ1) is 20.7. The average Bonchev–Trinajstić information content (AvgIpc) is 3.38. The molecule has 0 radical (unpaired) electrons. The number of carbonyl (C=O) groups is 1. The molecule has 1 fully saturated rings. The lowest BCUT2D eigenvalue weighted by atomic mass is 10.1. The van der Waals surface area contributed by atoms with E-state index in [-0.39, 0.29) is 35.7 Å². The number of benzene rings is 1. The Bertz CT molecular complexity index is 1030. The maximum absolute atomic E-state index is 13.6. The smallest absolute Gasteiger partial charge is 0.290 e. The third-order valence-electron chi connectivity index (χ3n) is 5.22. The van der Waals surface area contributed by atoms with Crippen LogP contribution in [0.15, 0.2) is 52.6 Å². The maximum atomic E-state index is 13.6. The summed E-state index contributed by atoms with van der Waals surface area (Å²) < 4.78 is 42.8. The summed E-state index contributed by atoms with van der Waals surface area (Å²) in [6.45, 7) is 3.00. The number of sulfone groups is 1. The van der Waals surface area contributed by atoms with Gasteiger partial charge < -0.3 is 18.8 Å². The topological polar surface area (TPSA) is 86.0 Å². The largest absolute Gasteiger partial charge is 0.486 e. The van der Waals surface area contributed by atoms with Gasteiger partial charge in [-0.2, -0.15) is 0 Å². The van der Waals surface area contributed by atoms with Crippen LogP contribution in [0.5, 0.6) is 0 Å². The highest BCUT2D eigenvalue weighted by molar-refractivity contribution is 8.00. The third kappa shape index (κ3) is 4.44. The Morgan fingerprint density at radius 3 is 2.60 bits per heavy atom. The molecule has 1 atom stereocenters. The lowest BCUT2D eigenvalue weighted by molar-refractivity contribution is -0.133. The van der Waals surface area contributed by atoms with Crippen LogP contribution in [0.2, 0.25) is 0 Å². The van der Waals surface area contributed by atoms with Crippen molar-refractivity contribution in [1.29, 1.82) is 0 Å². The summed E-state index contributed by atoms with van der Waals surface area (Å²) in [5, 5.41) is 0. The summed E-state index contributed by atoms with van der Waals surface area (Å²) in [4.78, 5) is 15.1. The third-order valence-corrected chi connectivity index (χ3v) is 6.97. The molecule has 2 aliphatic rings. The van der Waals surface area contributed by atoms with Gasteiger partial charge in [0, 0.05) is 13.2 Å². The first-order valence-corrected chi connectivity index (χ1v) is 11.7. The Hall–Kier alpha value is -2.58. The molecule has 0 saturated carbocycles. The van der Waals surface area contributed by atoms with E-state index in [0.717, 1.165) is 18.6 Å². The van der Waals surface area contributed by atoms with Crippen LogP contribution in [0.1, 0.15) is 29.9 Å². The maximum Gasteiger partial charge on any atom is 0.290 e. The average molecular weight is 432 g/mol. The lowest BCUT2D eigenvalue weighted by Crippen LogP contribution is -2.40. The molecule has 0 spiro atoms. The molecule has 2 aliphatic heterocycles. The van der Waals surface area contributed by atoms with Crippen LogP contribution < -0.4 is 0 Å². The van der Waals surface area contributed by atoms with Gasteiger partial charge in [-0.05, 0) is 37.5 Å². The monoisotopic (exact) mass is 431 g/mol. The highest BCUT2D eigenvalue weighted by Crippen LogP contribution is 2.31. The van der Waals surface area contributed by atoms with Crippen molar-refractivity contribution in [2.24, 2.45) is 0 Å². The summed E-state index contributed by atoms with van der Waals surface area (Å²) in [5.41, 5.74) is 0.450. The molecule has 1 amide bonds. The summed E-state index contributed by atoms with van der Waals surface area (Å²) in [6, 6.07) is 12.3. The van der Waals surface area contributed by atoms with E-state index < -0.39 is 15.7 Å². The number of rotatable bonds is 6. The number of hydrogen-bond acceptors (Lipinski definition) is 6. The van der Waals surface area contributed by atoms with Crippen molar-refractivity contribution in [2.45, 2.75) is 32.4 Å². The zero-order chi connectivity index (χ0) is 21.1. The van der Waals surface area contributed by atoms with Gasteiger partial charge in [0.05, 0.1) is 18.4 Å². The van der Waals surface area contributed by atoms with Gasteiger partial charge >= 0.3 is 0 Å². The predicted molar refractivity (Wildman–Crippen MR) is 111 cm³/mol. The fourth-order valence-corrected chi connectivity index (χ4v) is 5.21. The van der Waals surface area contributed by atoms with E-state index in [4.69, 9.17) is 13.9 Å². The number of ether oxygens (including phenoxy) is 2. The molecule has 1 aromatic carbocycles. The van der Waals surface area contributed by atoms with E-state index in [2.05, 4.69) is 0 Å². The van der Waals surface area contributed by atoms with Gasteiger partial charge in [0.2, 0.25) is 5.76 Å². The van der Waals surface area contributed by atoms with E-state index in [9.17, 15) is 13.2 Å². The summed E-state index contributed by atoms with van der Waals surface area (Å²) in [7, 11) is -3.65. The Morgan fingerprint density at radius 2 is 1.93 bits per heavy atom. The van der Waals surface area contributed by atoms with E-state index in [0.29, 0.717) is 24.5 Å². The Balaban J connectivity index is 1.72. The molecule has 2 aromatic rings. The van der Waals surface area contributed by atoms with Crippen LogP contribution in [0.25, 0.3) is 4.91 Å². The summed E-state index contributed by atoms with van der Waals surface area (Å²) in [5.74, 6) is 0.613. The van der Waals surface area contributed by atoms with Crippen LogP contribution in [-0.4, -0.2) is 50.8 Å².